The van der Waals surface area contributed by atoms with Crippen molar-refractivity contribution in [1.82, 2.24) is 47.9 Å². The van der Waals surface area contributed by atoms with Crippen molar-refractivity contribution in [2.45, 2.75) is 188 Å². The standard InChI is InChI=1S/C54H88N12O16/c1-11-30(10)45(66-46(73)33(55)23-31-12-14-32(67)15-13-31)53(80)58-25-42(70)59-34(17-19-43(71)72)47(74)64-39(24-41(57)69)51(78)62-36(20-26(2)3)49(76)60-35(16-18-40(56)68)48(75)61-37(21-27(4)5)50(77)63-38(22-28(6)7)52(79)65-44(29(8)9)54(81)82/h12-15,26-30,33-39,44-45,67H,11,16-25,55H2,1-10H3,(H2,56,68)(H2,57,69)(H,58,80)(H,59,70)(H,60,76)(H,61,75)(H,62,78)(H,63,77)(H,64,74)(H,65,79)(H,66,73)(H,71,72)(H,81,82)/t30-,33-,34-,35-,36-,37-,38-,39-,44-,45-/m0/s1. The van der Waals surface area contributed by atoms with Crippen LogP contribution in [0, 0.1) is 29.6 Å². The van der Waals surface area contributed by atoms with Gasteiger partial charge >= 0.3 is 11.9 Å². The Morgan fingerprint density at radius 3 is 1.30 bits per heavy atom. The topological polar surface area (TPSA) is 469 Å². The molecule has 18 N–H and O–H groups in total. The van der Waals surface area contributed by atoms with Gasteiger partial charge in [0.15, 0.2) is 0 Å². The molecule has 0 unspecified atom stereocenters. The summed E-state index contributed by atoms with van der Waals surface area (Å²) in [5, 5.41) is 50.9. The second kappa shape index (κ2) is 35.7. The van der Waals surface area contributed by atoms with Gasteiger partial charge in [-0.3, -0.25) is 57.5 Å². The highest BCUT2D eigenvalue weighted by atomic mass is 16.4. The smallest absolute Gasteiger partial charge is 0.326 e. The van der Waals surface area contributed by atoms with E-state index in [1.165, 1.54) is 12.1 Å². The zero-order chi connectivity index (χ0) is 62.7. The minimum atomic E-state index is -1.86. The molecule has 0 saturated heterocycles. The third-order valence-corrected chi connectivity index (χ3v) is 12.8. The molecule has 0 aliphatic heterocycles. The second-order valence-corrected chi connectivity index (χ2v) is 22.1. The fourth-order valence-corrected chi connectivity index (χ4v) is 8.20. The van der Waals surface area contributed by atoms with Gasteiger partial charge in [0.25, 0.3) is 0 Å². The Labute approximate surface area is 477 Å². The van der Waals surface area contributed by atoms with Crippen LogP contribution in [0.4, 0.5) is 0 Å². The van der Waals surface area contributed by atoms with E-state index in [1.807, 2.05) is 0 Å². The highest BCUT2D eigenvalue weighted by molar-refractivity contribution is 5.99. The summed E-state index contributed by atoms with van der Waals surface area (Å²) in [5.74, 6) is -14.8. The Balaban J connectivity index is 3.41. The number of phenolic OH excluding ortho intramolecular Hbond substituents is 1. The van der Waals surface area contributed by atoms with E-state index in [0.29, 0.717) is 12.0 Å². The highest BCUT2D eigenvalue weighted by Crippen LogP contribution is 2.15. The van der Waals surface area contributed by atoms with Crippen molar-refractivity contribution in [3.8, 4) is 5.75 Å². The molecule has 0 saturated carbocycles. The number of carbonyl (C=O) groups excluding carboxylic acids is 11. The van der Waals surface area contributed by atoms with Crippen molar-refractivity contribution in [3.05, 3.63) is 29.8 Å². The van der Waals surface area contributed by atoms with Crippen LogP contribution in [0.2, 0.25) is 0 Å². The van der Waals surface area contributed by atoms with Gasteiger partial charge < -0.3 is 80.4 Å². The number of primary amides is 2. The van der Waals surface area contributed by atoms with Gasteiger partial charge in [-0.05, 0) is 85.8 Å². The molecule has 11 amide bonds. The number of hydrogen-bond donors (Lipinski definition) is 15. The number of benzene rings is 1. The Kier molecular flexibility index (Phi) is 31.4. The summed E-state index contributed by atoms with van der Waals surface area (Å²) < 4.78 is 0. The number of carboxylic acids is 2. The van der Waals surface area contributed by atoms with Gasteiger partial charge in [-0.25, -0.2) is 4.79 Å². The highest BCUT2D eigenvalue weighted by Gasteiger charge is 2.36. The van der Waals surface area contributed by atoms with Crippen LogP contribution in [0.3, 0.4) is 0 Å². The summed E-state index contributed by atoms with van der Waals surface area (Å²) in [7, 11) is 0. The number of aromatic hydroxyl groups is 1. The van der Waals surface area contributed by atoms with Gasteiger partial charge in [-0.15, -0.1) is 0 Å². The van der Waals surface area contributed by atoms with Gasteiger partial charge in [-0.2, -0.15) is 0 Å². The lowest BCUT2D eigenvalue weighted by molar-refractivity contribution is -0.143. The van der Waals surface area contributed by atoms with Crippen molar-refractivity contribution in [2.24, 2.45) is 46.8 Å². The van der Waals surface area contributed by atoms with E-state index in [1.54, 1.807) is 81.4 Å². The number of rotatable bonds is 38. The first-order chi connectivity index (χ1) is 38.1. The van der Waals surface area contributed by atoms with Crippen LogP contribution in [0.5, 0.6) is 5.75 Å². The molecule has 28 nitrogen and oxygen atoms in total. The molecule has 460 valence electrons. The zero-order valence-electron chi connectivity index (χ0n) is 48.6. The molecule has 1 aromatic carbocycles. The normalized spacial score (nSPS) is 14.9. The maximum Gasteiger partial charge on any atom is 0.326 e. The van der Waals surface area contributed by atoms with Crippen molar-refractivity contribution < 1.29 is 77.6 Å². The molecule has 0 spiro atoms. The van der Waals surface area contributed by atoms with E-state index in [9.17, 15) is 77.6 Å². The van der Waals surface area contributed by atoms with Gasteiger partial charge in [0.2, 0.25) is 65.0 Å². The van der Waals surface area contributed by atoms with Crippen LogP contribution in [0.1, 0.15) is 133 Å². The summed E-state index contributed by atoms with van der Waals surface area (Å²) in [5.41, 5.74) is 17.6. The van der Waals surface area contributed by atoms with E-state index in [0.717, 1.165) is 0 Å². The number of nitrogens with two attached hydrogens (primary N) is 3. The Hall–Kier alpha value is -7.91. The van der Waals surface area contributed by atoms with Crippen molar-refractivity contribution >= 4 is 76.9 Å². The average Bonchev–Trinajstić information content (AvgIpc) is 3.45. The van der Waals surface area contributed by atoms with Crippen LogP contribution >= 0.6 is 0 Å². The van der Waals surface area contributed by atoms with Crippen LogP contribution in [0.15, 0.2) is 24.3 Å². The second-order valence-electron chi connectivity index (χ2n) is 22.1. The fraction of sp³-hybridized carbons (Fsp3) is 0.648. The van der Waals surface area contributed by atoms with E-state index in [-0.39, 0.29) is 49.2 Å². The summed E-state index contributed by atoms with van der Waals surface area (Å²) in [6, 6.07) is -6.82. The van der Waals surface area contributed by atoms with Gasteiger partial charge in [0.05, 0.1) is 19.0 Å². The first kappa shape index (κ1) is 72.1. The average molecular weight is 1160 g/mol. The van der Waals surface area contributed by atoms with Crippen LogP contribution < -0.4 is 65.1 Å². The minimum Gasteiger partial charge on any atom is -0.508 e. The molecule has 10 atom stereocenters. The molecule has 82 heavy (non-hydrogen) atoms. The molecule has 1 rings (SSSR count). The molecular weight excluding hydrogens is 1070 g/mol. The van der Waals surface area contributed by atoms with Gasteiger partial charge in [0.1, 0.15) is 54.1 Å². The first-order valence-corrected chi connectivity index (χ1v) is 27.4. The van der Waals surface area contributed by atoms with Gasteiger partial charge in [-0.1, -0.05) is 87.8 Å². The summed E-state index contributed by atoms with van der Waals surface area (Å²) in [6.07, 6.45) is -2.58. The molecule has 28 heteroatoms. The number of phenols is 1. The Morgan fingerprint density at radius 2 is 0.890 bits per heavy atom. The SMILES string of the molecule is CC[C@H](C)[C@H](NC(=O)[C@@H](N)Cc1ccc(O)cc1)C(=O)NCC(=O)N[C@@H](CCC(=O)O)C(=O)N[C@@H](CC(N)=O)C(=O)N[C@@H](CC(C)C)C(=O)N[C@@H](CCC(N)=O)C(=O)N[C@@H](CC(C)C)C(=O)N[C@@H](CC(C)C)C(=O)N[C@H](C(=O)O)C(C)C. The number of hydrogen-bond acceptors (Lipinski definition) is 15. The van der Waals surface area contributed by atoms with E-state index < -0.39 is 182 Å². The minimum absolute atomic E-state index is 0.00508. The number of aliphatic carboxylic acids is 2. The van der Waals surface area contributed by atoms with E-state index >= 15 is 0 Å². The van der Waals surface area contributed by atoms with Gasteiger partial charge in [0, 0.05) is 12.8 Å². The summed E-state index contributed by atoms with van der Waals surface area (Å²) in [6.45, 7) is 16.2. The predicted octanol–water partition coefficient (Wildman–Crippen LogP) is -1.81. The maximum absolute atomic E-state index is 14.2. The molecule has 0 bridgehead atoms. The van der Waals surface area contributed by atoms with E-state index in [2.05, 4.69) is 47.9 Å². The molecule has 0 fully saturated rings. The first-order valence-electron chi connectivity index (χ1n) is 27.4. The molecular formula is C54H88N12O16. The van der Waals surface area contributed by atoms with Crippen LogP contribution in [-0.4, -0.2) is 153 Å². The lowest BCUT2D eigenvalue weighted by Crippen LogP contribution is -2.60. The number of carbonyl (C=O) groups is 13. The lowest BCUT2D eigenvalue weighted by Gasteiger charge is -2.29. The molecule has 0 heterocycles. The van der Waals surface area contributed by atoms with Crippen molar-refractivity contribution in [1.29, 1.82) is 0 Å². The van der Waals surface area contributed by atoms with Crippen molar-refractivity contribution in [2.75, 3.05) is 6.54 Å². The summed E-state index contributed by atoms with van der Waals surface area (Å²) in [4.78, 5) is 171. The number of carboxylic acid groups (broad SMARTS) is 2. The molecule has 0 aromatic heterocycles. The molecule has 0 aliphatic carbocycles. The molecule has 0 radical (unpaired) electrons. The van der Waals surface area contributed by atoms with Crippen LogP contribution in [0.25, 0.3) is 0 Å². The van der Waals surface area contributed by atoms with E-state index in [4.69, 9.17) is 17.2 Å². The number of nitrogens with one attached hydrogen (secondary N) is 9. The lowest BCUT2D eigenvalue weighted by atomic mass is 9.97. The zero-order valence-corrected chi connectivity index (χ0v) is 48.6. The monoisotopic (exact) mass is 1160 g/mol. The number of amides is 11. The Morgan fingerprint density at radius 1 is 0.488 bits per heavy atom. The third-order valence-electron chi connectivity index (χ3n) is 12.8. The fourth-order valence-electron chi connectivity index (χ4n) is 8.20. The van der Waals surface area contributed by atoms with Crippen LogP contribution in [-0.2, 0) is 68.7 Å². The maximum atomic E-state index is 14.2. The molecule has 0 aliphatic rings. The summed E-state index contributed by atoms with van der Waals surface area (Å²) >= 11 is 0. The largest absolute Gasteiger partial charge is 0.508 e. The predicted molar refractivity (Wildman–Crippen MR) is 298 cm³/mol. The third kappa shape index (κ3) is 27.5. The Bertz CT molecular complexity index is 2380. The quantitative estimate of drug-likeness (QED) is 0.0347. The molecule has 1 aromatic rings. The van der Waals surface area contributed by atoms with Crippen molar-refractivity contribution in [3.63, 3.8) is 0 Å².